The van der Waals surface area contributed by atoms with Gasteiger partial charge in [-0.05, 0) is 35.1 Å². The third-order valence-electron chi connectivity index (χ3n) is 6.12. The number of hydrogen-bond donors (Lipinski definition) is 0. The van der Waals surface area contributed by atoms with E-state index in [9.17, 15) is 0 Å². The zero-order valence-corrected chi connectivity index (χ0v) is 16.8. The van der Waals surface area contributed by atoms with Crippen molar-refractivity contribution < 1.29 is 9.78 Å². The highest BCUT2D eigenvalue weighted by atomic mass is 17.2. The lowest BCUT2D eigenvalue weighted by atomic mass is 9.75. The Bertz CT molecular complexity index is 895. The van der Waals surface area contributed by atoms with Crippen LogP contribution in [0.25, 0.3) is 0 Å². The molecule has 0 amide bonds. The Labute approximate surface area is 177 Å². The molecule has 0 bridgehead atoms. The predicted octanol–water partition coefficient (Wildman–Crippen LogP) is 6.62. The average molecular weight is 392 g/mol. The number of rotatable bonds is 4. The monoisotopic (exact) mass is 392 g/mol. The maximum Gasteiger partial charge on any atom is 0.154 e. The minimum atomic E-state index is -0.643. The second-order valence-corrected chi connectivity index (χ2v) is 7.78. The van der Waals surface area contributed by atoms with Crippen LogP contribution in [-0.4, -0.2) is 0 Å². The van der Waals surface area contributed by atoms with E-state index in [1.165, 1.54) is 0 Å². The van der Waals surface area contributed by atoms with Crippen LogP contribution in [0.1, 0.15) is 35.1 Å². The van der Waals surface area contributed by atoms with Gasteiger partial charge in [0.15, 0.2) is 11.2 Å². The van der Waals surface area contributed by atoms with Crippen LogP contribution in [0.2, 0.25) is 0 Å². The molecule has 2 heteroatoms. The molecule has 1 heterocycles. The Balaban J connectivity index is 1.61. The molecule has 0 N–H and O–H groups in total. The van der Waals surface area contributed by atoms with Crippen molar-refractivity contribution in [2.24, 2.45) is 0 Å². The van der Waals surface area contributed by atoms with E-state index in [1.807, 2.05) is 24.3 Å². The molecular formula is C28H24O2. The fourth-order valence-corrected chi connectivity index (χ4v) is 4.51. The highest BCUT2D eigenvalue weighted by molar-refractivity contribution is 5.40. The summed E-state index contributed by atoms with van der Waals surface area (Å²) in [6.45, 7) is 0. The van der Waals surface area contributed by atoms with Crippen molar-refractivity contribution in [1.82, 2.24) is 0 Å². The fourth-order valence-electron chi connectivity index (χ4n) is 4.51. The summed E-state index contributed by atoms with van der Waals surface area (Å²) >= 11 is 0. The van der Waals surface area contributed by atoms with Gasteiger partial charge in [0.1, 0.15) is 0 Å². The normalized spacial score (nSPS) is 17.3. The van der Waals surface area contributed by atoms with Gasteiger partial charge in [0, 0.05) is 0 Å². The zero-order chi connectivity index (χ0) is 20.3. The summed E-state index contributed by atoms with van der Waals surface area (Å²) in [5, 5.41) is 0. The highest BCUT2D eigenvalue weighted by Gasteiger charge is 2.49. The quantitative estimate of drug-likeness (QED) is 0.364. The minimum Gasteiger partial charge on any atom is -0.219 e. The van der Waals surface area contributed by atoms with E-state index in [4.69, 9.17) is 9.78 Å². The Morgan fingerprint density at radius 2 is 0.600 bits per heavy atom. The minimum absolute atomic E-state index is 0.643. The van der Waals surface area contributed by atoms with E-state index in [0.717, 1.165) is 35.1 Å². The van der Waals surface area contributed by atoms with Gasteiger partial charge in [0.05, 0.1) is 0 Å². The van der Waals surface area contributed by atoms with Crippen LogP contribution in [0.3, 0.4) is 0 Å². The van der Waals surface area contributed by atoms with Gasteiger partial charge in [0.2, 0.25) is 0 Å². The average Bonchev–Trinajstić information content (AvgIpc) is 2.86. The summed E-state index contributed by atoms with van der Waals surface area (Å²) in [5.74, 6) is 0. The van der Waals surface area contributed by atoms with E-state index in [0.29, 0.717) is 0 Å². The molecule has 2 nitrogen and oxygen atoms in total. The summed E-state index contributed by atoms with van der Waals surface area (Å²) in [5.41, 5.74) is 3.12. The highest BCUT2D eigenvalue weighted by Crippen LogP contribution is 2.50. The van der Waals surface area contributed by atoms with E-state index in [1.54, 1.807) is 0 Å². The van der Waals surface area contributed by atoms with Crippen LogP contribution in [-0.2, 0) is 21.0 Å². The Kier molecular flexibility index (Phi) is 4.96. The zero-order valence-electron chi connectivity index (χ0n) is 16.8. The smallest absolute Gasteiger partial charge is 0.154 e. The van der Waals surface area contributed by atoms with E-state index >= 15 is 0 Å². The molecule has 1 saturated heterocycles. The molecule has 148 valence electrons. The molecule has 1 aliphatic heterocycles. The Hall–Kier alpha value is -3.20. The Morgan fingerprint density at radius 1 is 0.367 bits per heavy atom. The molecular weight excluding hydrogens is 368 g/mol. The molecule has 0 unspecified atom stereocenters. The van der Waals surface area contributed by atoms with Gasteiger partial charge in [0.25, 0.3) is 0 Å². The first-order chi connectivity index (χ1) is 14.8. The first-order valence-corrected chi connectivity index (χ1v) is 10.4. The summed E-state index contributed by atoms with van der Waals surface area (Å²) in [6.07, 6.45) is 1.59. The summed E-state index contributed by atoms with van der Waals surface area (Å²) in [7, 11) is 0. The van der Waals surface area contributed by atoms with Crippen LogP contribution in [0.5, 0.6) is 0 Å². The summed E-state index contributed by atoms with van der Waals surface area (Å²) < 4.78 is 0. The standard InChI is InChI=1S/C28H24O2/c1-5-13-23(14-6-1)27(24-15-7-2-8-16-24)21-22-28(30-29-27,25-17-9-3-10-18-25)26-19-11-4-12-20-26/h1-20H,21-22H2. The molecule has 4 aromatic rings. The molecule has 1 fully saturated rings. The van der Waals surface area contributed by atoms with Crippen molar-refractivity contribution in [2.75, 3.05) is 0 Å². The van der Waals surface area contributed by atoms with Crippen LogP contribution in [0.15, 0.2) is 121 Å². The summed E-state index contributed by atoms with van der Waals surface area (Å²) in [4.78, 5) is 12.9. The fraction of sp³-hybridized carbons (Fsp3) is 0.143. The maximum atomic E-state index is 6.46. The first kappa shape index (κ1) is 18.8. The van der Waals surface area contributed by atoms with Crippen LogP contribution < -0.4 is 0 Å². The largest absolute Gasteiger partial charge is 0.219 e. The third kappa shape index (κ3) is 3.15. The number of hydrogen-bond acceptors (Lipinski definition) is 2. The number of benzene rings is 4. The van der Waals surface area contributed by atoms with Crippen LogP contribution in [0.4, 0.5) is 0 Å². The lowest BCUT2D eigenvalue weighted by Crippen LogP contribution is -2.45. The van der Waals surface area contributed by atoms with Gasteiger partial charge in [-0.1, -0.05) is 121 Å². The maximum absolute atomic E-state index is 6.46. The van der Waals surface area contributed by atoms with Crippen LogP contribution in [0, 0.1) is 0 Å². The third-order valence-corrected chi connectivity index (χ3v) is 6.12. The van der Waals surface area contributed by atoms with E-state index < -0.39 is 11.2 Å². The molecule has 0 spiro atoms. The second kappa shape index (κ2) is 7.91. The van der Waals surface area contributed by atoms with Gasteiger partial charge in [-0.25, -0.2) is 9.78 Å². The van der Waals surface area contributed by atoms with Gasteiger partial charge in [-0.3, -0.25) is 0 Å². The second-order valence-electron chi connectivity index (χ2n) is 7.78. The SMILES string of the molecule is c1ccc(C2(c3ccccc3)CCC(c3ccccc3)(c3ccccc3)OO2)cc1. The van der Waals surface area contributed by atoms with Crippen molar-refractivity contribution in [3.8, 4) is 0 Å². The molecule has 0 saturated carbocycles. The van der Waals surface area contributed by atoms with Crippen molar-refractivity contribution in [1.29, 1.82) is 0 Å². The molecule has 0 aromatic heterocycles. The molecule has 0 radical (unpaired) electrons. The summed E-state index contributed by atoms with van der Waals surface area (Å²) in [6, 6.07) is 41.5. The molecule has 0 atom stereocenters. The molecule has 1 aliphatic rings. The van der Waals surface area contributed by atoms with Gasteiger partial charge < -0.3 is 0 Å². The topological polar surface area (TPSA) is 18.5 Å². The molecule has 0 aliphatic carbocycles. The predicted molar refractivity (Wildman–Crippen MR) is 119 cm³/mol. The lowest BCUT2D eigenvalue weighted by Gasteiger charge is -2.46. The molecule has 5 rings (SSSR count). The van der Waals surface area contributed by atoms with Crippen molar-refractivity contribution >= 4 is 0 Å². The molecule has 30 heavy (non-hydrogen) atoms. The van der Waals surface area contributed by atoms with Crippen molar-refractivity contribution in [2.45, 2.75) is 24.0 Å². The van der Waals surface area contributed by atoms with Crippen LogP contribution >= 0.6 is 0 Å². The van der Waals surface area contributed by atoms with Crippen molar-refractivity contribution in [3.63, 3.8) is 0 Å². The molecule has 4 aromatic carbocycles. The first-order valence-electron chi connectivity index (χ1n) is 10.4. The van der Waals surface area contributed by atoms with Crippen molar-refractivity contribution in [3.05, 3.63) is 144 Å². The van der Waals surface area contributed by atoms with Gasteiger partial charge >= 0.3 is 0 Å². The van der Waals surface area contributed by atoms with E-state index in [2.05, 4.69) is 97.1 Å². The lowest BCUT2D eigenvalue weighted by molar-refractivity contribution is -0.432. The Morgan fingerprint density at radius 3 is 0.800 bits per heavy atom. The van der Waals surface area contributed by atoms with Gasteiger partial charge in [-0.2, -0.15) is 0 Å². The van der Waals surface area contributed by atoms with Gasteiger partial charge in [-0.15, -0.1) is 0 Å². The van der Waals surface area contributed by atoms with E-state index in [-0.39, 0.29) is 0 Å².